The summed E-state index contributed by atoms with van der Waals surface area (Å²) in [5, 5.41) is 3.38. The Bertz CT molecular complexity index is 394. The third kappa shape index (κ3) is 4.45. The van der Waals surface area contributed by atoms with E-state index in [0.29, 0.717) is 0 Å². The number of aryl methyl sites for hydroxylation is 1. The third-order valence-corrected chi connectivity index (χ3v) is 2.79. The molecule has 0 spiro atoms. The second-order valence-electron chi connectivity index (χ2n) is 4.20. The summed E-state index contributed by atoms with van der Waals surface area (Å²) in [6.45, 7) is 1.88. The van der Waals surface area contributed by atoms with Crippen molar-refractivity contribution in [2.24, 2.45) is 0 Å². The van der Waals surface area contributed by atoms with Crippen LogP contribution in [0.4, 0.5) is 0 Å². The van der Waals surface area contributed by atoms with Crippen molar-refractivity contribution in [3.8, 4) is 0 Å². The predicted molar refractivity (Wildman–Crippen MR) is 69.8 cm³/mol. The smallest absolute Gasteiger partial charge is 0.117 e. The highest BCUT2D eigenvalue weighted by Crippen LogP contribution is 2.04. The maximum Gasteiger partial charge on any atom is 0.117 e. The number of hydrogen-bond donors (Lipinski definition) is 1. The molecule has 17 heavy (non-hydrogen) atoms. The topological polar surface area (TPSA) is 25.2 Å². The van der Waals surface area contributed by atoms with Crippen LogP contribution in [0.25, 0.3) is 0 Å². The monoisotopic (exact) mass is 229 g/mol. The standard InChI is InChI=1S/C15H19NO/c1-2-7-14(8-3-1)9-4-5-11-16-13-15-10-6-12-17-15/h1-3,6-8,10,12,16H,4-5,9,11,13H2. The minimum Gasteiger partial charge on any atom is -0.468 e. The Hall–Kier alpha value is -1.54. The Balaban J connectivity index is 1.52. The van der Waals surface area contributed by atoms with E-state index in [-0.39, 0.29) is 0 Å². The zero-order valence-corrected chi connectivity index (χ0v) is 10.1. The highest BCUT2D eigenvalue weighted by Gasteiger charge is 1.95. The first-order valence-electron chi connectivity index (χ1n) is 6.22. The van der Waals surface area contributed by atoms with E-state index in [1.54, 1.807) is 6.26 Å². The summed E-state index contributed by atoms with van der Waals surface area (Å²) < 4.78 is 5.25. The molecule has 0 bridgehead atoms. The van der Waals surface area contributed by atoms with Crippen LogP contribution in [0.2, 0.25) is 0 Å². The molecule has 2 heteroatoms. The van der Waals surface area contributed by atoms with Gasteiger partial charge in [0.1, 0.15) is 5.76 Å². The zero-order chi connectivity index (χ0) is 11.8. The molecule has 0 atom stereocenters. The molecule has 0 unspecified atom stereocenters. The summed E-state index contributed by atoms with van der Waals surface area (Å²) >= 11 is 0. The van der Waals surface area contributed by atoms with Crippen molar-refractivity contribution in [3.05, 3.63) is 60.1 Å². The number of rotatable bonds is 7. The minimum absolute atomic E-state index is 0.832. The molecule has 1 aromatic carbocycles. The maximum atomic E-state index is 5.25. The zero-order valence-electron chi connectivity index (χ0n) is 10.1. The van der Waals surface area contributed by atoms with Crippen LogP contribution >= 0.6 is 0 Å². The van der Waals surface area contributed by atoms with Crippen molar-refractivity contribution in [1.29, 1.82) is 0 Å². The highest BCUT2D eigenvalue weighted by atomic mass is 16.3. The molecule has 0 saturated carbocycles. The van der Waals surface area contributed by atoms with Crippen LogP contribution in [-0.2, 0) is 13.0 Å². The second kappa shape index (κ2) is 6.92. The molecule has 1 N–H and O–H groups in total. The van der Waals surface area contributed by atoms with Crippen LogP contribution in [0.5, 0.6) is 0 Å². The van der Waals surface area contributed by atoms with Crippen LogP contribution in [0.1, 0.15) is 24.2 Å². The lowest BCUT2D eigenvalue weighted by Crippen LogP contribution is -2.14. The van der Waals surface area contributed by atoms with Crippen LogP contribution in [-0.4, -0.2) is 6.54 Å². The van der Waals surface area contributed by atoms with Crippen molar-refractivity contribution < 1.29 is 4.42 Å². The Morgan fingerprint density at radius 3 is 2.59 bits per heavy atom. The average Bonchev–Trinajstić information content (AvgIpc) is 2.88. The first-order valence-corrected chi connectivity index (χ1v) is 6.22. The maximum absolute atomic E-state index is 5.25. The molecule has 0 aliphatic carbocycles. The number of furan rings is 1. The van der Waals surface area contributed by atoms with Crippen molar-refractivity contribution in [2.75, 3.05) is 6.54 Å². The molecule has 0 saturated heterocycles. The van der Waals surface area contributed by atoms with Gasteiger partial charge in [-0.25, -0.2) is 0 Å². The van der Waals surface area contributed by atoms with Crippen molar-refractivity contribution in [1.82, 2.24) is 5.32 Å². The molecule has 2 rings (SSSR count). The van der Waals surface area contributed by atoms with Gasteiger partial charge in [0.15, 0.2) is 0 Å². The van der Waals surface area contributed by atoms with Gasteiger partial charge in [0.25, 0.3) is 0 Å². The number of nitrogens with one attached hydrogen (secondary N) is 1. The summed E-state index contributed by atoms with van der Waals surface area (Å²) in [6.07, 6.45) is 5.32. The summed E-state index contributed by atoms with van der Waals surface area (Å²) in [6, 6.07) is 14.6. The molecule has 0 aliphatic rings. The number of unbranched alkanes of at least 4 members (excludes halogenated alkanes) is 1. The first-order chi connectivity index (χ1) is 8.45. The largest absolute Gasteiger partial charge is 0.468 e. The van der Waals surface area contributed by atoms with Crippen LogP contribution in [0, 0.1) is 0 Å². The van der Waals surface area contributed by atoms with Gasteiger partial charge in [-0.3, -0.25) is 0 Å². The van der Waals surface area contributed by atoms with E-state index in [2.05, 4.69) is 35.6 Å². The van der Waals surface area contributed by atoms with E-state index >= 15 is 0 Å². The molecule has 90 valence electrons. The summed E-state index contributed by atoms with van der Waals surface area (Å²) in [5.41, 5.74) is 1.43. The van der Waals surface area contributed by atoms with Crippen molar-refractivity contribution in [3.63, 3.8) is 0 Å². The summed E-state index contributed by atoms with van der Waals surface area (Å²) in [5.74, 6) is 1.01. The fourth-order valence-corrected chi connectivity index (χ4v) is 1.85. The van der Waals surface area contributed by atoms with E-state index in [1.165, 1.54) is 24.8 Å². The Labute approximate surface area is 103 Å². The molecule has 2 aromatic rings. The Morgan fingerprint density at radius 1 is 0.941 bits per heavy atom. The van der Waals surface area contributed by atoms with E-state index in [4.69, 9.17) is 4.42 Å². The average molecular weight is 229 g/mol. The number of benzene rings is 1. The molecular formula is C15H19NO. The Morgan fingerprint density at radius 2 is 1.82 bits per heavy atom. The molecule has 0 amide bonds. The van der Waals surface area contributed by atoms with Gasteiger partial charge in [0.2, 0.25) is 0 Å². The van der Waals surface area contributed by atoms with E-state index in [1.807, 2.05) is 12.1 Å². The Kier molecular flexibility index (Phi) is 4.86. The molecule has 0 aliphatic heterocycles. The first kappa shape index (κ1) is 11.9. The molecule has 0 radical (unpaired) electrons. The van der Waals surface area contributed by atoms with Crippen LogP contribution in [0.3, 0.4) is 0 Å². The fourth-order valence-electron chi connectivity index (χ4n) is 1.85. The highest BCUT2D eigenvalue weighted by molar-refractivity contribution is 5.14. The van der Waals surface area contributed by atoms with E-state index in [9.17, 15) is 0 Å². The predicted octanol–water partition coefficient (Wildman–Crippen LogP) is 3.39. The molecule has 0 fully saturated rings. The van der Waals surface area contributed by atoms with Crippen molar-refractivity contribution >= 4 is 0 Å². The van der Waals surface area contributed by atoms with E-state index < -0.39 is 0 Å². The van der Waals surface area contributed by atoms with Gasteiger partial charge in [0.05, 0.1) is 12.8 Å². The van der Waals surface area contributed by atoms with Gasteiger partial charge in [-0.1, -0.05) is 30.3 Å². The second-order valence-corrected chi connectivity index (χ2v) is 4.20. The quantitative estimate of drug-likeness (QED) is 0.736. The SMILES string of the molecule is c1ccc(CCCCNCc2ccco2)cc1. The van der Waals surface area contributed by atoms with Crippen LogP contribution in [0.15, 0.2) is 53.1 Å². The fraction of sp³-hybridized carbons (Fsp3) is 0.333. The minimum atomic E-state index is 0.832. The van der Waals surface area contributed by atoms with Gasteiger partial charge < -0.3 is 9.73 Å². The van der Waals surface area contributed by atoms with Crippen LogP contribution < -0.4 is 5.32 Å². The van der Waals surface area contributed by atoms with Gasteiger partial charge in [-0.15, -0.1) is 0 Å². The lowest BCUT2D eigenvalue weighted by atomic mass is 10.1. The van der Waals surface area contributed by atoms with Gasteiger partial charge in [-0.2, -0.15) is 0 Å². The molecular weight excluding hydrogens is 210 g/mol. The summed E-state index contributed by atoms with van der Waals surface area (Å²) in [7, 11) is 0. The summed E-state index contributed by atoms with van der Waals surface area (Å²) in [4.78, 5) is 0. The lowest BCUT2D eigenvalue weighted by Gasteiger charge is -2.03. The van der Waals surface area contributed by atoms with E-state index in [0.717, 1.165) is 18.8 Å². The van der Waals surface area contributed by atoms with Gasteiger partial charge >= 0.3 is 0 Å². The molecule has 1 heterocycles. The van der Waals surface area contributed by atoms with Crippen molar-refractivity contribution in [2.45, 2.75) is 25.8 Å². The molecule has 2 nitrogen and oxygen atoms in total. The molecule has 1 aromatic heterocycles. The normalized spacial score (nSPS) is 10.6. The van der Waals surface area contributed by atoms with Gasteiger partial charge in [-0.05, 0) is 43.5 Å². The third-order valence-electron chi connectivity index (χ3n) is 2.79. The van der Waals surface area contributed by atoms with Gasteiger partial charge in [0, 0.05) is 0 Å². The lowest BCUT2D eigenvalue weighted by molar-refractivity contribution is 0.479. The number of hydrogen-bond acceptors (Lipinski definition) is 2.